The van der Waals surface area contributed by atoms with Crippen molar-refractivity contribution >= 4 is 46.4 Å². The first-order chi connectivity index (χ1) is 26.2. The third-order valence-corrected chi connectivity index (χ3v) is 13.0. The van der Waals surface area contributed by atoms with Gasteiger partial charge in [-0.25, -0.2) is 4.90 Å². The number of benzene rings is 5. The fourth-order valence-electron chi connectivity index (χ4n) is 9.02. The maximum Gasteiger partial charge on any atom is 0.266 e. The van der Waals surface area contributed by atoms with Crippen molar-refractivity contribution in [1.82, 2.24) is 0 Å². The lowest BCUT2D eigenvalue weighted by atomic mass is 9.78. The molecule has 56 heavy (non-hydrogen) atoms. The van der Waals surface area contributed by atoms with E-state index in [4.69, 9.17) is 38.4 Å². The van der Waals surface area contributed by atoms with Crippen LogP contribution in [0.25, 0.3) is 0 Å². The lowest BCUT2D eigenvalue weighted by Crippen LogP contribution is -2.32. The molecule has 290 valence electrons. The standard InChI is InChI=1S/C28H25Cl2NO3.C20H25NO/c1-13-7-9-17(10-8-13)23-22-16(4)24(14(2)15(3)25(22)34-28(23,5)6)31-26(32)18-11-20(29)21(30)12-19(18)27(31)33;1-11-7-9-15(10-8-11)17-16-14(4)18(21)12(2)13(3)19(16)22-20(17,5)6/h7-12,23H,1-6H3;7-10,17H,21H2,1-6H3. The molecule has 6 nitrogen and oxygen atoms in total. The number of nitrogens with two attached hydrogens (primary N) is 1. The number of nitrogens with zero attached hydrogens (tertiary/aromatic N) is 1. The van der Waals surface area contributed by atoms with Crippen LogP contribution in [0.4, 0.5) is 11.4 Å². The molecule has 0 bridgehead atoms. The van der Waals surface area contributed by atoms with Gasteiger partial charge in [-0.3, -0.25) is 9.59 Å². The summed E-state index contributed by atoms with van der Waals surface area (Å²) in [5, 5.41) is 0.494. The van der Waals surface area contributed by atoms with Gasteiger partial charge in [0.25, 0.3) is 11.8 Å². The maximum absolute atomic E-state index is 13.5. The molecule has 3 aliphatic heterocycles. The lowest BCUT2D eigenvalue weighted by Gasteiger charge is -2.28. The predicted molar refractivity (Wildman–Crippen MR) is 229 cm³/mol. The number of anilines is 2. The van der Waals surface area contributed by atoms with Crippen LogP contribution in [0.2, 0.25) is 10.0 Å². The van der Waals surface area contributed by atoms with Crippen LogP contribution in [0, 0.1) is 55.4 Å². The van der Waals surface area contributed by atoms with E-state index in [1.807, 2.05) is 20.8 Å². The number of carbonyl (C=O) groups excluding carboxylic acids is 2. The van der Waals surface area contributed by atoms with Crippen molar-refractivity contribution in [1.29, 1.82) is 0 Å². The zero-order valence-corrected chi connectivity index (χ0v) is 35.9. The Bertz CT molecular complexity index is 2440. The fraction of sp³-hybridized carbons (Fsp3) is 0.333. The van der Waals surface area contributed by atoms with Gasteiger partial charge in [0.1, 0.15) is 22.7 Å². The summed E-state index contributed by atoms with van der Waals surface area (Å²) in [6, 6.07) is 20.2. The van der Waals surface area contributed by atoms with Crippen molar-refractivity contribution in [2.24, 2.45) is 0 Å². The molecule has 0 spiro atoms. The largest absolute Gasteiger partial charge is 0.486 e. The van der Waals surface area contributed by atoms with Gasteiger partial charge in [0.2, 0.25) is 0 Å². The van der Waals surface area contributed by atoms with Gasteiger partial charge in [-0.1, -0.05) is 82.9 Å². The first kappa shape index (κ1) is 39.5. The van der Waals surface area contributed by atoms with Crippen molar-refractivity contribution in [2.45, 2.75) is 106 Å². The second-order valence-corrected chi connectivity index (χ2v) is 17.7. The minimum Gasteiger partial charge on any atom is -0.486 e. The SMILES string of the molecule is Cc1ccc(C2c3c(C)c(N)c(C)c(C)c3OC2(C)C)cc1.Cc1ccc(C2c3c(C)c(N4C(=O)c5cc(Cl)c(Cl)cc5C4=O)c(C)c(C)c3OC2(C)C)cc1. The molecule has 3 heterocycles. The number of rotatable bonds is 3. The van der Waals surface area contributed by atoms with Crippen molar-refractivity contribution in [3.05, 3.63) is 149 Å². The third-order valence-electron chi connectivity index (χ3n) is 12.3. The summed E-state index contributed by atoms with van der Waals surface area (Å²) in [5.41, 5.74) is 20.9. The molecular weight excluding hydrogens is 739 g/mol. The van der Waals surface area contributed by atoms with Gasteiger partial charge in [-0.05, 0) is 140 Å². The van der Waals surface area contributed by atoms with Gasteiger partial charge >= 0.3 is 0 Å². The first-order valence-electron chi connectivity index (χ1n) is 19.1. The lowest BCUT2D eigenvalue weighted by molar-refractivity contribution is 0.0925. The van der Waals surface area contributed by atoms with Crippen LogP contribution in [0.3, 0.4) is 0 Å². The number of ether oxygens (including phenoxy) is 2. The molecule has 0 radical (unpaired) electrons. The summed E-state index contributed by atoms with van der Waals surface area (Å²) in [7, 11) is 0. The number of imide groups is 1. The van der Waals surface area contributed by atoms with Crippen LogP contribution in [0.5, 0.6) is 11.5 Å². The van der Waals surface area contributed by atoms with E-state index >= 15 is 0 Å². The molecule has 2 N–H and O–H groups in total. The number of fused-ring (bicyclic) bond motifs is 3. The summed E-state index contributed by atoms with van der Waals surface area (Å²) in [6.07, 6.45) is 0. The molecule has 5 aromatic rings. The molecule has 2 atom stereocenters. The molecule has 0 aromatic heterocycles. The minimum absolute atomic E-state index is 0.0554. The molecule has 0 fully saturated rings. The highest BCUT2D eigenvalue weighted by atomic mass is 35.5. The monoisotopic (exact) mass is 788 g/mol. The second kappa shape index (κ2) is 13.7. The molecule has 0 saturated carbocycles. The molecule has 8 rings (SSSR count). The van der Waals surface area contributed by atoms with Gasteiger partial charge in [-0.15, -0.1) is 0 Å². The molecular formula is C48H50Cl2N2O4. The molecule has 5 aromatic carbocycles. The van der Waals surface area contributed by atoms with Crippen molar-refractivity contribution < 1.29 is 19.1 Å². The van der Waals surface area contributed by atoms with E-state index in [-0.39, 0.29) is 38.6 Å². The Morgan fingerprint density at radius 1 is 0.554 bits per heavy atom. The summed E-state index contributed by atoms with van der Waals surface area (Å²) in [5.74, 6) is 1.23. The quantitative estimate of drug-likeness (QED) is 0.145. The number of carbonyl (C=O) groups is 2. The van der Waals surface area contributed by atoms with E-state index in [0.717, 1.165) is 56.1 Å². The predicted octanol–water partition coefficient (Wildman–Crippen LogP) is 12.1. The molecule has 3 aliphatic rings. The van der Waals surface area contributed by atoms with Crippen LogP contribution in [0.15, 0.2) is 60.7 Å². The Morgan fingerprint density at radius 2 is 0.929 bits per heavy atom. The van der Waals surface area contributed by atoms with Gasteiger partial charge in [0.15, 0.2) is 0 Å². The average Bonchev–Trinajstić information content (AvgIpc) is 3.69. The first-order valence-corrected chi connectivity index (χ1v) is 19.8. The average molecular weight is 790 g/mol. The van der Waals surface area contributed by atoms with E-state index in [1.165, 1.54) is 44.8 Å². The Hall–Kier alpha value is -4.78. The molecule has 8 heteroatoms. The number of amides is 2. The number of nitrogen functional groups attached to an aromatic ring is 1. The normalized spacial score (nSPS) is 18.5. The molecule has 0 saturated heterocycles. The highest BCUT2D eigenvalue weighted by molar-refractivity contribution is 6.44. The van der Waals surface area contributed by atoms with Gasteiger partial charge < -0.3 is 15.2 Å². The Kier molecular flexibility index (Phi) is 9.66. The zero-order valence-electron chi connectivity index (χ0n) is 34.3. The fourth-order valence-corrected chi connectivity index (χ4v) is 9.35. The third kappa shape index (κ3) is 6.08. The van der Waals surface area contributed by atoms with Crippen LogP contribution < -0.4 is 20.1 Å². The number of hydrogen-bond acceptors (Lipinski definition) is 5. The Labute approximate surface area is 340 Å². The second-order valence-electron chi connectivity index (χ2n) is 16.9. The number of aryl methyl sites for hydroxylation is 2. The Morgan fingerprint density at radius 3 is 1.34 bits per heavy atom. The smallest absolute Gasteiger partial charge is 0.266 e. The summed E-state index contributed by atoms with van der Waals surface area (Å²) < 4.78 is 12.9. The number of halogens is 2. The summed E-state index contributed by atoms with van der Waals surface area (Å²) in [6.45, 7) is 24.9. The van der Waals surface area contributed by atoms with Crippen LogP contribution in [-0.2, 0) is 0 Å². The molecule has 2 amide bonds. The van der Waals surface area contributed by atoms with Crippen molar-refractivity contribution in [3.63, 3.8) is 0 Å². The van der Waals surface area contributed by atoms with E-state index in [1.54, 1.807) is 0 Å². The van der Waals surface area contributed by atoms with Crippen LogP contribution in [0.1, 0.15) is 127 Å². The van der Waals surface area contributed by atoms with E-state index < -0.39 is 17.4 Å². The van der Waals surface area contributed by atoms with Gasteiger partial charge in [0, 0.05) is 16.8 Å². The van der Waals surface area contributed by atoms with E-state index in [9.17, 15) is 9.59 Å². The van der Waals surface area contributed by atoms with E-state index in [0.29, 0.717) is 5.69 Å². The topological polar surface area (TPSA) is 81.9 Å². The summed E-state index contributed by atoms with van der Waals surface area (Å²) in [4.78, 5) is 28.2. The minimum atomic E-state index is -0.499. The molecule has 2 unspecified atom stereocenters. The van der Waals surface area contributed by atoms with Crippen molar-refractivity contribution in [3.8, 4) is 11.5 Å². The van der Waals surface area contributed by atoms with Gasteiger partial charge in [0.05, 0.1) is 38.7 Å². The zero-order chi connectivity index (χ0) is 40.9. The van der Waals surface area contributed by atoms with E-state index in [2.05, 4.69) is 111 Å². The highest BCUT2D eigenvalue weighted by Gasteiger charge is 2.48. The van der Waals surface area contributed by atoms with Gasteiger partial charge in [-0.2, -0.15) is 0 Å². The van der Waals surface area contributed by atoms with Crippen LogP contribution >= 0.6 is 23.2 Å². The summed E-state index contributed by atoms with van der Waals surface area (Å²) >= 11 is 12.3. The maximum atomic E-state index is 13.5. The highest BCUT2D eigenvalue weighted by Crippen LogP contribution is 2.55. The van der Waals surface area contributed by atoms with Crippen molar-refractivity contribution in [2.75, 3.05) is 10.6 Å². The Balaban J connectivity index is 0.000000189. The van der Waals surface area contributed by atoms with Crippen LogP contribution in [-0.4, -0.2) is 23.0 Å². The molecule has 0 aliphatic carbocycles. The number of hydrogen-bond donors (Lipinski definition) is 1.